The summed E-state index contributed by atoms with van der Waals surface area (Å²) in [6.07, 6.45) is 6.29. The van der Waals surface area contributed by atoms with Crippen LogP contribution in [-0.2, 0) is 4.79 Å². The Kier molecular flexibility index (Phi) is 5.79. The first-order valence-electron chi connectivity index (χ1n) is 9.93. The molecule has 4 rings (SSSR count). The van der Waals surface area contributed by atoms with Crippen LogP contribution in [-0.4, -0.2) is 34.8 Å². The highest BCUT2D eigenvalue weighted by Gasteiger charge is 2.30. The van der Waals surface area contributed by atoms with E-state index in [-0.39, 0.29) is 17.7 Å². The van der Waals surface area contributed by atoms with Crippen LogP contribution < -0.4 is 10.1 Å². The van der Waals surface area contributed by atoms with E-state index in [1.54, 1.807) is 54.5 Å². The van der Waals surface area contributed by atoms with Crippen LogP contribution in [0, 0.1) is 12.8 Å². The summed E-state index contributed by atoms with van der Waals surface area (Å²) in [6, 6.07) is 12.5. The standard InChI is InChI=1S/C23H23N3O4/c1-16-19(10-13-29-16)23(28)26-12-5-6-17(15-26)22(27)25-20-8-2-3-9-21(20)30-18-7-4-11-24-14-18/h2-4,7-11,13-14,17H,5-6,12,15H2,1H3,(H,25,27)/t17-/m1/s1. The van der Waals surface area contributed by atoms with E-state index < -0.39 is 0 Å². The number of para-hydroxylation sites is 2. The van der Waals surface area contributed by atoms with Gasteiger partial charge in [-0.2, -0.15) is 0 Å². The van der Waals surface area contributed by atoms with E-state index in [4.69, 9.17) is 9.15 Å². The minimum atomic E-state index is -0.290. The van der Waals surface area contributed by atoms with Crippen molar-refractivity contribution in [2.24, 2.45) is 5.92 Å². The number of aromatic nitrogens is 1. The minimum absolute atomic E-state index is 0.0981. The lowest BCUT2D eigenvalue weighted by Gasteiger charge is -2.32. The summed E-state index contributed by atoms with van der Waals surface area (Å²) >= 11 is 0. The van der Waals surface area contributed by atoms with Crippen molar-refractivity contribution in [2.45, 2.75) is 19.8 Å². The smallest absolute Gasteiger partial charge is 0.257 e. The number of aryl methyl sites for hydroxylation is 1. The van der Waals surface area contributed by atoms with Crippen molar-refractivity contribution in [3.63, 3.8) is 0 Å². The first-order valence-corrected chi connectivity index (χ1v) is 9.93. The number of anilines is 1. The van der Waals surface area contributed by atoms with Gasteiger partial charge in [0.25, 0.3) is 5.91 Å². The molecule has 1 atom stereocenters. The van der Waals surface area contributed by atoms with Crippen molar-refractivity contribution in [3.8, 4) is 11.5 Å². The van der Waals surface area contributed by atoms with E-state index in [0.717, 1.165) is 12.8 Å². The van der Waals surface area contributed by atoms with Crippen LogP contribution >= 0.6 is 0 Å². The second-order valence-electron chi connectivity index (χ2n) is 7.26. The molecule has 1 aliphatic rings. The number of likely N-dealkylation sites (tertiary alicyclic amines) is 1. The van der Waals surface area contributed by atoms with Gasteiger partial charge in [0.15, 0.2) is 5.75 Å². The summed E-state index contributed by atoms with van der Waals surface area (Å²) in [7, 11) is 0. The number of rotatable bonds is 5. The van der Waals surface area contributed by atoms with E-state index in [9.17, 15) is 9.59 Å². The third-order valence-corrected chi connectivity index (χ3v) is 5.18. The molecule has 154 valence electrons. The van der Waals surface area contributed by atoms with Crippen LogP contribution in [0.5, 0.6) is 11.5 Å². The number of amides is 2. The Morgan fingerprint density at radius 2 is 2.07 bits per heavy atom. The Balaban J connectivity index is 1.44. The molecule has 0 radical (unpaired) electrons. The van der Waals surface area contributed by atoms with Gasteiger partial charge in [0, 0.05) is 19.3 Å². The van der Waals surface area contributed by atoms with Gasteiger partial charge < -0.3 is 19.4 Å². The Morgan fingerprint density at radius 1 is 1.20 bits per heavy atom. The fraction of sp³-hybridized carbons (Fsp3) is 0.261. The van der Waals surface area contributed by atoms with Gasteiger partial charge in [0.1, 0.15) is 11.5 Å². The zero-order chi connectivity index (χ0) is 20.9. The van der Waals surface area contributed by atoms with Crippen molar-refractivity contribution in [1.29, 1.82) is 0 Å². The maximum atomic E-state index is 13.0. The fourth-order valence-electron chi connectivity index (χ4n) is 3.58. The molecule has 7 nitrogen and oxygen atoms in total. The van der Waals surface area contributed by atoms with Gasteiger partial charge in [-0.15, -0.1) is 0 Å². The highest BCUT2D eigenvalue weighted by Crippen LogP contribution is 2.30. The van der Waals surface area contributed by atoms with Gasteiger partial charge in [-0.05, 0) is 50.1 Å². The number of benzene rings is 1. The molecule has 3 heterocycles. The molecule has 0 unspecified atom stereocenters. The predicted octanol–water partition coefficient (Wildman–Crippen LogP) is 4.27. The third kappa shape index (κ3) is 4.35. The number of furan rings is 1. The van der Waals surface area contributed by atoms with E-state index in [2.05, 4.69) is 10.3 Å². The maximum absolute atomic E-state index is 13.0. The molecule has 30 heavy (non-hydrogen) atoms. The van der Waals surface area contributed by atoms with Crippen molar-refractivity contribution in [2.75, 3.05) is 18.4 Å². The molecule has 1 aliphatic heterocycles. The van der Waals surface area contributed by atoms with E-state index in [0.29, 0.717) is 41.6 Å². The number of nitrogens with one attached hydrogen (secondary N) is 1. The van der Waals surface area contributed by atoms with Crippen molar-refractivity contribution < 1.29 is 18.7 Å². The monoisotopic (exact) mass is 405 g/mol. The molecule has 7 heteroatoms. The molecule has 3 aromatic rings. The average molecular weight is 405 g/mol. The lowest BCUT2D eigenvalue weighted by atomic mass is 9.96. The highest BCUT2D eigenvalue weighted by atomic mass is 16.5. The van der Waals surface area contributed by atoms with Crippen LogP contribution in [0.1, 0.15) is 29.0 Å². The highest BCUT2D eigenvalue weighted by molar-refractivity contribution is 5.97. The normalized spacial score (nSPS) is 16.2. The van der Waals surface area contributed by atoms with Gasteiger partial charge in [0.05, 0.1) is 29.6 Å². The first-order chi connectivity index (χ1) is 14.6. The molecule has 0 spiro atoms. The Labute approximate surface area is 174 Å². The van der Waals surface area contributed by atoms with Gasteiger partial charge >= 0.3 is 0 Å². The average Bonchev–Trinajstić information content (AvgIpc) is 3.21. The molecule has 1 aromatic carbocycles. The third-order valence-electron chi connectivity index (χ3n) is 5.18. The Bertz CT molecular complexity index is 1030. The Hall–Kier alpha value is -3.61. The number of hydrogen-bond donors (Lipinski definition) is 1. The van der Waals surface area contributed by atoms with Gasteiger partial charge in [-0.25, -0.2) is 0 Å². The summed E-state index contributed by atoms with van der Waals surface area (Å²) in [5.74, 6) is 1.20. The summed E-state index contributed by atoms with van der Waals surface area (Å²) in [5.41, 5.74) is 1.13. The number of pyridine rings is 1. The molecule has 2 aromatic heterocycles. The van der Waals surface area contributed by atoms with Crippen molar-refractivity contribution in [3.05, 3.63) is 72.4 Å². The maximum Gasteiger partial charge on any atom is 0.257 e. The number of piperidine rings is 1. The summed E-state index contributed by atoms with van der Waals surface area (Å²) < 4.78 is 11.1. The van der Waals surface area contributed by atoms with Gasteiger partial charge in [-0.1, -0.05) is 12.1 Å². The summed E-state index contributed by atoms with van der Waals surface area (Å²) in [6.45, 7) is 2.77. The number of ether oxygens (including phenoxy) is 1. The topological polar surface area (TPSA) is 84.7 Å². The molecule has 0 aliphatic carbocycles. The van der Waals surface area contributed by atoms with Crippen molar-refractivity contribution in [1.82, 2.24) is 9.88 Å². The molecular weight excluding hydrogens is 382 g/mol. The zero-order valence-corrected chi connectivity index (χ0v) is 16.7. The summed E-state index contributed by atoms with van der Waals surface area (Å²) in [5, 5.41) is 2.97. The van der Waals surface area contributed by atoms with E-state index >= 15 is 0 Å². The van der Waals surface area contributed by atoms with Crippen LogP contribution in [0.25, 0.3) is 0 Å². The van der Waals surface area contributed by atoms with Crippen LogP contribution in [0.3, 0.4) is 0 Å². The van der Waals surface area contributed by atoms with Crippen molar-refractivity contribution >= 4 is 17.5 Å². The predicted molar refractivity (Wildman–Crippen MR) is 111 cm³/mol. The molecular formula is C23H23N3O4. The number of hydrogen-bond acceptors (Lipinski definition) is 5. The lowest BCUT2D eigenvalue weighted by molar-refractivity contribution is -0.121. The molecule has 0 bridgehead atoms. The van der Waals surface area contributed by atoms with Crippen LogP contribution in [0.15, 0.2) is 65.5 Å². The number of carbonyl (C=O) groups is 2. The van der Waals surface area contributed by atoms with Crippen LogP contribution in [0.2, 0.25) is 0 Å². The number of carbonyl (C=O) groups excluding carboxylic acids is 2. The molecule has 0 saturated carbocycles. The van der Waals surface area contributed by atoms with Gasteiger partial charge in [0.2, 0.25) is 5.91 Å². The largest absolute Gasteiger partial charge is 0.469 e. The quantitative estimate of drug-likeness (QED) is 0.685. The lowest BCUT2D eigenvalue weighted by Crippen LogP contribution is -2.43. The summed E-state index contributed by atoms with van der Waals surface area (Å²) in [4.78, 5) is 31.5. The van der Waals surface area contributed by atoms with E-state index in [1.807, 2.05) is 12.1 Å². The molecule has 1 saturated heterocycles. The second-order valence-corrected chi connectivity index (χ2v) is 7.26. The number of nitrogens with zero attached hydrogens (tertiary/aromatic N) is 2. The first kappa shape index (κ1) is 19.7. The minimum Gasteiger partial charge on any atom is -0.469 e. The molecule has 2 amide bonds. The van der Waals surface area contributed by atoms with Crippen LogP contribution in [0.4, 0.5) is 5.69 Å². The van der Waals surface area contributed by atoms with Gasteiger partial charge in [-0.3, -0.25) is 14.6 Å². The Morgan fingerprint density at radius 3 is 2.83 bits per heavy atom. The fourth-order valence-corrected chi connectivity index (χ4v) is 3.58. The molecule has 1 fully saturated rings. The van der Waals surface area contributed by atoms with E-state index in [1.165, 1.54) is 6.26 Å². The molecule has 1 N–H and O–H groups in total. The zero-order valence-electron chi connectivity index (χ0n) is 16.7. The second kappa shape index (κ2) is 8.82. The SMILES string of the molecule is Cc1occc1C(=O)N1CCC[C@@H](C(=O)Nc2ccccc2Oc2cccnc2)C1.